The fraction of sp³-hybridized carbons (Fsp3) is 0.951. The molecule has 0 radical (unpaired) electrons. The zero-order valence-electron chi connectivity index (χ0n) is 47.5. The van der Waals surface area contributed by atoms with Gasteiger partial charge in [-0.05, 0) is 12.8 Å². The lowest BCUT2D eigenvalue weighted by atomic mass is 10.0. The molecule has 0 saturated heterocycles. The standard InChI is InChI=1S/C61H119NO8/c1-6-8-10-12-14-16-18-20-22-23-24-25-26-27-28-29-30-31-32-33-34-35-36-37-38-40-42-44-46-48-50-52-59(64)70-57(56-69-61(60(65)66)67-54-53-62(3,4)5)55-68-58(63)51-49-47-45-43-41-39-21-19-17-15-13-11-9-7-2/h57,61H,6-56H2,1-5H3/p+1. The molecule has 0 aliphatic heterocycles. The Labute approximate surface area is 434 Å². The third-order valence-electron chi connectivity index (χ3n) is 14.1. The minimum atomic E-state index is -1.50. The molecule has 0 aromatic heterocycles. The van der Waals surface area contributed by atoms with Crippen LogP contribution in [0.2, 0.25) is 0 Å². The molecule has 0 amide bonds. The lowest BCUT2D eigenvalue weighted by Crippen LogP contribution is -2.40. The summed E-state index contributed by atoms with van der Waals surface area (Å²) < 4.78 is 22.9. The maximum atomic E-state index is 12.9. The first-order valence-corrected chi connectivity index (χ1v) is 30.7. The molecule has 0 aromatic carbocycles. The Morgan fingerprint density at radius 3 is 0.914 bits per heavy atom. The van der Waals surface area contributed by atoms with Crippen LogP contribution in [-0.2, 0) is 33.3 Å². The topological polar surface area (TPSA) is 108 Å². The van der Waals surface area contributed by atoms with E-state index in [1.54, 1.807) is 0 Å². The predicted molar refractivity (Wildman–Crippen MR) is 295 cm³/mol. The van der Waals surface area contributed by atoms with Crippen molar-refractivity contribution in [2.24, 2.45) is 0 Å². The molecular weight excluding hydrogens is 875 g/mol. The largest absolute Gasteiger partial charge is 0.477 e. The maximum Gasteiger partial charge on any atom is 0.361 e. The Balaban J connectivity index is 4.03. The monoisotopic (exact) mass is 995 g/mol. The van der Waals surface area contributed by atoms with Gasteiger partial charge in [-0.3, -0.25) is 9.59 Å². The SMILES string of the molecule is CCCCCCCCCCCCCCCCCCCCCCCCCCCCCCCCCC(=O)OC(COC(=O)CCCCCCCCCCCCCCCC)COC(OCC[N+](C)(C)C)C(=O)O. The van der Waals surface area contributed by atoms with Gasteiger partial charge in [0, 0.05) is 12.8 Å². The van der Waals surface area contributed by atoms with E-state index in [0.717, 1.165) is 38.5 Å². The lowest BCUT2D eigenvalue weighted by molar-refractivity contribution is -0.870. The first-order chi connectivity index (χ1) is 34.1. The Kier molecular flexibility index (Phi) is 52.3. The second-order valence-corrected chi connectivity index (χ2v) is 22.4. The molecule has 0 heterocycles. The first-order valence-electron chi connectivity index (χ1n) is 30.7. The molecule has 9 nitrogen and oxygen atoms in total. The van der Waals surface area contributed by atoms with Gasteiger partial charge in [0.15, 0.2) is 6.10 Å². The third kappa shape index (κ3) is 54.1. The van der Waals surface area contributed by atoms with Gasteiger partial charge in [0.2, 0.25) is 0 Å². The van der Waals surface area contributed by atoms with Crippen molar-refractivity contribution in [2.45, 2.75) is 328 Å². The number of carboxylic acids is 1. The summed E-state index contributed by atoms with van der Waals surface area (Å²) in [5.74, 6) is -1.97. The molecule has 0 aromatic rings. The van der Waals surface area contributed by atoms with Gasteiger partial charge >= 0.3 is 17.9 Å². The van der Waals surface area contributed by atoms with Crippen molar-refractivity contribution in [2.75, 3.05) is 47.5 Å². The number of nitrogens with zero attached hydrogens (tertiary/aromatic N) is 1. The van der Waals surface area contributed by atoms with Crippen LogP contribution in [0.15, 0.2) is 0 Å². The number of unbranched alkanes of at least 4 members (excludes halogenated alkanes) is 43. The molecule has 2 unspecified atom stereocenters. The second kappa shape index (κ2) is 53.6. The van der Waals surface area contributed by atoms with Gasteiger partial charge in [0.1, 0.15) is 13.2 Å². The molecule has 0 aliphatic rings. The van der Waals surface area contributed by atoms with Crippen molar-refractivity contribution >= 4 is 17.9 Å². The van der Waals surface area contributed by atoms with Gasteiger partial charge in [0.25, 0.3) is 6.29 Å². The van der Waals surface area contributed by atoms with E-state index < -0.39 is 18.4 Å². The molecule has 70 heavy (non-hydrogen) atoms. The number of hydrogen-bond donors (Lipinski definition) is 1. The summed E-state index contributed by atoms with van der Waals surface area (Å²) in [5.41, 5.74) is 0. The molecule has 0 bridgehead atoms. The summed E-state index contributed by atoms with van der Waals surface area (Å²) in [6.07, 6.45) is 57.8. The second-order valence-electron chi connectivity index (χ2n) is 22.4. The minimum absolute atomic E-state index is 0.173. The summed E-state index contributed by atoms with van der Waals surface area (Å²) in [4.78, 5) is 37.4. The van der Waals surface area contributed by atoms with E-state index in [-0.39, 0.29) is 38.2 Å². The molecule has 0 spiro atoms. The highest BCUT2D eigenvalue weighted by Crippen LogP contribution is 2.18. The number of likely N-dealkylation sites (N-methyl/N-ethyl adjacent to an activating group) is 1. The third-order valence-corrected chi connectivity index (χ3v) is 14.1. The number of quaternary nitrogens is 1. The predicted octanol–water partition coefficient (Wildman–Crippen LogP) is 18.0. The quantitative estimate of drug-likeness (QED) is 0.0278. The van der Waals surface area contributed by atoms with Gasteiger partial charge in [-0.2, -0.15) is 0 Å². The van der Waals surface area contributed by atoms with Crippen molar-refractivity contribution in [3.05, 3.63) is 0 Å². The van der Waals surface area contributed by atoms with Crippen LogP contribution in [0.25, 0.3) is 0 Å². The van der Waals surface area contributed by atoms with Crippen LogP contribution in [0.1, 0.15) is 316 Å². The van der Waals surface area contributed by atoms with E-state index in [1.807, 2.05) is 21.1 Å². The van der Waals surface area contributed by atoms with Crippen molar-refractivity contribution < 1.29 is 42.9 Å². The van der Waals surface area contributed by atoms with Gasteiger partial charge in [0.05, 0.1) is 34.4 Å². The zero-order chi connectivity index (χ0) is 51.3. The van der Waals surface area contributed by atoms with Crippen LogP contribution in [0.5, 0.6) is 0 Å². The first kappa shape index (κ1) is 68.3. The van der Waals surface area contributed by atoms with Crippen molar-refractivity contribution in [1.29, 1.82) is 0 Å². The highest BCUT2D eigenvalue weighted by atomic mass is 16.7. The molecule has 2 atom stereocenters. The Morgan fingerprint density at radius 2 is 0.643 bits per heavy atom. The Hall–Kier alpha value is -1.71. The number of aliphatic carboxylic acids is 1. The van der Waals surface area contributed by atoms with E-state index in [0.29, 0.717) is 17.4 Å². The van der Waals surface area contributed by atoms with Crippen LogP contribution < -0.4 is 0 Å². The van der Waals surface area contributed by atoms with Gasteiger partial charge in [-0.15, -0.1) is 0 Å². The van der Waals surface area contributed by atoms with Crippen molar-refractivity contribution in [1.82, 2.24) is 0 Å². The number of rotatable bonds is 58. The van der Waals surface area contributed by atoms with E-state index in [2.05, 4.69) is 13.8 Å². The number of esters is 2. The summed E-state index contributed by atoms with van der Waals surface area (Å²) in [6.45, 7) is 4.94. The minimum Gasteiger partial charge on any atom is -0.477 e. The average molecular weight is 996 g/mol. The van der Waals surface area contributed by atoms with Gasteiger partial charge in [-0.25, -0.2) is 4.79 Å². The van der Waals surface area contributed by atoms with Gasteiger partial charge in [-0.1, -0.05) is 290 Å². The van der Waals surface area contributed by atoms with E-state index in [9.17, 15) is 19.5 Å². The smallest absolute Gasteiger partial charge is 0.361 e. The number of carbonyl (C=O) groups excluding carboxylic acids is 2. The number of hydrogen-bond acceptors (Lipinski definition) is 7. The normalized spacial score (nSPS) is 12.6. The van der Waals surface area contributed by atoms with Crippen LogP contribution in [0.4, 0.5) is 0 Å². The lowest BCUT2D eigenvalue weighted by Gasteiger charge is -2.25. The fourth-order valence-corrected chi connectivity index (χ4v) is 9.37. The summed E-state index contributed by atoms with van der Waals surface area (Å²) in [5, 5.41) is 9.69. The van der Waals surface area contributed by atoms with Crippen LogP contribution in [-0.4, -0.2) is 87.4 Å². The van der Waals surface area contributed by atoms with E-state index in [1.165, 1.54) is 250 Å². The highest BCUT2D eigenvalue weighted by Gasteiger charge is 2.25. The summed E-state index contributed by atoms with van der Waals surface area (Å²) >= 11 is 0. The number of ether oxygens (including phenoxy) is 4. The van der Waals surface area contributed by atoms with Crippen LogP contribution in [0.3, 0.4) is 0 Å². The molecule has 0 fully saturated rings. The highest BCUT2D eigenvalue weighted by molar-refractivity contribution is 5.71. The summed E-state index contributed by atoms with van der Waals surface area (Å²) in [6, 6.07) is 0. The molecule has 0 rings (SSSR count). The molecule has 0 saturated carbocycles. The zero-order valence-corrected chi connectivity index (χ0v) is 47.5. The average Bonchev–Trinajstić information content (AvgIpc) is 3.33. The molecular formula is C61H120NO8+. The number of carbonyl (C=O) groups is 3. The molecule has 416 valence electrons. The van der Waals surface area contributed by atoms with Gasteiger partial charge < -0.3 is 28.5 Å². The molecule has 1 N–H and O–H groups in total. The fourth-order valence-electron chi connectivity index (χ4n) is 9.37. The molecule has 0 aliphatic carbocycles. The van der Waals surface area contributed by atoms with Crippen molar-refractivity contribution in [3.63, 3.8) is 0 Å². The van der Waals surface area contributed by atoms with E-state index >= 15 is 0 Å². The van der Waals surface area contributed by atoms with Crippen LogP contribution >= 0.6 is 0 Å². The van der Waals surface area contributed by atoms with Crippen LogP contribution in [0, 0.1) is 0 Å². The Morgan fingerprint density at radius 1 is 0.371 bits per heavy atom. The van der Waals surface area contributed by atoms with Crippen molar-refractivity contribution in [3.8, 4) is 0 Å². The maximum absolute atomic E-state index is 12.9. The van der Waals surface area contributed by atoms with E-state index in [4.69, 9.17) is 18.9 Å². The Bertz CT molecular complexity index is 1110. The number of carboxylic acid groups (broad SMARTS) is 1. The molecule has 9 heteroatoms. The summed E-state index contributed by atoms with van der Waals surface area (Å²) in [7, 11) is 5.98.